The van der Waals surface area contributed by atoms with E-state index in [1.165, 1.54) is 65.3 Å². The first kappa shape index (κ1) is 16.0. The van der Waals surface area contributed by atoms with Gasteiger partial charge in [0, 0.05) is 42.2 Å². The summed E-state index contributed by atoms with van der Waals surface area (Å²) in [5.74, 6) is 2.16. The molecule has 0 unspecified atom stereocenters. The molecule has 1 aliphatic heterocycles. The number of rotatable bonds is 1. The lowest BCUT2D eigenvalue weighted by atomic mass is 9.81. The molecule has 26 heavy (non-hydrogen) atoms. The van der Waals surface area contributed by atoms with Gasteiger partial charge in [-0.05, 0) is 86.4 Å². The Morgan fingerprint density at radius 3 is 2.46 bits per heavy atom. The van der Waals surface area contributed by atoms with Crippen LogP contribution in [0.1, 0.15) is 54.9 Å². The quantitative estimate of drug-likeness (QED) is 0.768. The van der Waals surface area contributed by atoms with Crippen LogP contribution in [0.4, 0.5) is 5.69 Å². The van der Waals surface area contributed by atoms with E-state index in [1.807, 2.05) is 0 Å². The van der Waals surface area contributed by atoms with Gasteiger partial charge in [-0.25, -0.2) is 0 Å². The minimum atomic E-state index is 1.02. The van der Waals surface area contributed by atoms with Crippen LogP contribution >= 0.6 is 0 Å². The summed E-state index contributed by atoms with van der Waals surface area (Å²) in [6, 6.07) is 6.95. The molecule has 2 aromatic rings. The second-order valence-electron chi connectivity index (χ2n) is 8.33. The lowest BCUT2D eigenvalue weighted by Crippen LogP contribution is -2.32. The lowest BCUT2D eigenvalue weighted by molar-refractivity contribution is 0.461. The molecule has 2 heteroatoms. The molecule has 2 nitrogen and oxygen atoms in total. The molecule has 5 rings (SSSR count). The minimum Gasteiger partial charge on any atom is -0.456 e. The number of hydrogen-bond acceptors (Lipinski definition) is 2. The van der Waals surface area contributed by atoms with Gasteiger partial charge in [-0.15, -0.1) is 0 Å². The van der Waals surface area contributed by atoms with Crippen LogP contribution < -0.4 is 20.1 Å². The van der Waals surface area contributed by atoms with Crippen molar-refractivity contribution in [2.45, 2.75) is 52.4 Å². The van der Waals surface area contributed by atoms with E-state index in [0.717, 1.165) is 17.9 Å². The van der Waals surface area contributed by atoms with E-state index in [0.29, 0.717) is 0 Å². The zero-order valence-corrected chi connectivity index (χ0v) is 16.3. The van der Waals surface area contributed by atoms with Crippen LogP contribution in [-0.4, -0.2) is 14.1 Å². The lowest BCUT2D eigenvalue weighted by Gasteiger charge is -2.29. The van der Waals surface area contributed by atoms with Gasteiger partial charge in [-0.3, -0.25) is 0 Å². The summed E-state index contributed by atoms with van der Waals surface area (Å²) in [5, 5.41) is 2.89. The predicted octanol–water partition coefficient (Wildman–Crippen LogP) is 4.21. The van der Waals surface area contributed by atoms with E-state index in [1.54, 1.807) is 16.4 Å². The van der Waals surface area contributed by atoms with E-state index in [2.05, 4.69) is 51.0 Å². The third-order valence-corrected chi connectivity index (χ3v) is 6.44. The molecule has 134 valence electrons. The summed E-state index contributed by atoms with van der Waals surface area (Å²) in [5.41, 5.74) is 9.88. The van der Waals surface area contributed by atoms with Gasteiger partial charge in [0.05, 0.1) is 0 Å². The maximum atomic E-state index is 6.60. The molecule has 0 fully saturated rings. The Morgan fingerprint density at radius 2 is 1.69 bits per heavy atom. The molecule has 0 atom stereocenters. The molecule has 0 N–H and O–H groups in total. The normalized spacial score (nSPS) is 17.2. The number of nitrogens with zero attached hydrogens (tertiary/aromatic N) is 1. The van der Waals surface area contributed by atoms with Crippen LogP contribution in [0.5, 0.6) is 11.5 Å². The van der Waals surface area contributed by atoms with Crippen LogP contribution in [0, 0.1) is 6.92 Å². The molecule has 3 aliphatic rings. The van der Waals surface area contributed by atoms with Crippen LogP contribution in [0.3, 0.4) is 0 Å². The van der Waals surface area contributed by atoms with Crippen molar-refractivity contribution in [2.75, 3.05) is 19.0 Å². The number of aryl methyl sites for hydroxylation is 2. The Morgan fingerprint density at radius 1 is 0.923 bits per heavy atom. The third-order valence-electron chi connectivity index (χ3n) is 6.44. The van der Waals surface area contributed by atoms with Crippen molar-refractivity contribution in [3.8, 4) is 11.5 Å². The highest BCUT2D eigenvalue weighted by Gasteiger charge is 2.26. The van der Waals surface area contributed by atoms with Crippen molar-refractivity contribution in [2.24, 2.45) is 0 Å². The van der Waals surface area contributed by atoms with Crippen LogP contribution in [0.25, 0.3) is 11.1 Å². The molecule has 0 saturated heterocycles. The predicted molar refractivity (Wildman–Crippen MR) is 109 cm³/mol. The molecule has 0 spiro atoms. The molecular weight excluding hydrogens is 318 g/mol. The number of benzene rings is 2. The van der Waals surface area contributed by atoms with Crippen molar-refractivity contribution in [1.82, 2.24) is 0 Å². The fourth-order valence-electron chi connectivity index (χ4n) is 5.19. The Hall–Kier alpha value is -2.22. The van der Waals surface area contributed by atoms with Crippen LogP contribution in [0.15, 0.2) is 18.2 Å². The van der Waals surface area contributed by atoms with Crippen LogP contribution in [0.2, 0.25) is 0 Å². The van der Waals surface area contributed by atoms with Crippen molar-refractivity contribution < 1.29 is 4.74 Å². The first-order valence-electron chi connectivity index (χ1n) is 9.92. The Balaban J connectivity index is 1.84. The van der Waals surface area contributed by atoms with E-state index in [9.17, 15) is 0 Å². The zero-order chi connectivity index (χ0) is 18.0. The smallest absolute Gasteiger partial charge is 0.138 e. The summed E-state index contributed by atoms with van der Waals surface area (Å²) in [4.78, 5) is 2.17. The van der Waals surface area contributed by atoms with Crippen molar-refractivity contribution in [3.63, 3.8) is 0 Å². The van der Waals surface area contributed by atoms with Gasteiger partial charge >= 0.3 is 0 Å². The largest absolute Gasteiger partial charge is 0.456 e. The second-order valence-corrected chi connectivity index (χ2v) is 8.33. The molecule has 0 radical (unpaired) electrons. The molecule has 2 aliphatic carbocycles. The Kier molecular flexibility index (Phi) is 3.47. The average Bonchev–Trinajstić information content (AvgIpc) is 2.63. The van der Waals surface area contributed by atoms with Gasteiger partial charge in [0.25, 0.3) is 0 Å². The van der Waals surface area contributed by atoms with Crippen molar-refractivity contribution in [1.29, 1.82) is 0 Å². The van der Waals surface area contributed by atoms with Crippen molar-refractivity contribution >= 4 is 16.8 Å². The molecule has 0 saturated carbocycles. The van der Waals surface area contributed by atoms with Gasteiger partial charge < -0.3 is 9.64 Å². The first-order valence-corrected chi connectivity index (χ1v) is 9.92. The van der Waals surface area contributed by atoms with E-state index >= 15 is 0 Å². The summed E-state index contributed by atoms with van der Waals surface area (Å²) in [7, 11) is 4.20. The van der Waals surface area contributed by atoms with Gasteiger partial charge in [0.1, 0.15) is 11.5 Å². The highest BCUT2D eigenvalue weighted by molar-refractivity contribution is 5.78. The maximum Gasteiger partial charge on any atom is 0.138 e. The number of fused-ring (bicyclic) bond motifs is 3. The summed E-state index contributed by atoms with van der Waals surface area (Å²) < 4.78 is 6.60. The topological polar surface area (TPSA) is 12.5 Å². The third kappa shape index (κ3) is 2.17. The minimum absolute atomic E-state index is 1.02. The van der Waals surface area contributed by atoms with Gasteiger partial charge in [-0.2, -0.15) is 0 Å². The summed E-state index contributed by atoms with van der Waals surface area (Å²) in [6.45, 7) is 4.46. The SMILES string of the molecule is CC1=c2cc3c4c(c2Oc2cc(N(C)C)c(C)cc21)CCCC=4CCC3. The summed E-state index contributed by atoms with van der Waals surface area (Å²) in [6.07, 6.45) is 7.51. The van der Waals surface area contributed by atoms with E-state index < -0.39 is 0 Å². The van der Waals surface area contributed by atoms with Gasteiger partial charge in [0.2, 0.25) is 0 Å². The number of anilines is 1. The highest BCUT2D eigenvalue weighted by Crippen LogP contribution is 2.39. The fraction of sp³-hybridized carbons (Fsp3) is 0.417. The van der Waals surface area contributed by atoms with Gasteiger partial charge in [0.15, 0.2) is 0 Å². The molecular formula is C24H27NO. The van der Waals surface area contributed by atoms with E-state index in [4.69, 9.17) is 4.74 Å². The summed E-state index contributed by atoms with van der Waals surface area (Å²) >= 11 is 0. The molecule has 0 amide bonds. The Bertz CT molecular complexity index is 1050. The number of hydrogen-bond donors (Lipinski definition) is 0. The zero-order valence-electron chi connectivity index (χ0n) is 16.3. The van der Waals surface area contributed by atoms with E-state index in [-0.39, 0.29) is 0 Å². The number of ether oxygens (including phenoxy) is 1. The van der Waals surface area contributed by atoms with Crippen molar-refractivity contribution in [3.05, 3.63) is 50.9 Å². The Labute approximate surface area is 155 Å². The second kappa shape index (κ2) is 5.64. The van der Waals surface area contributed by atoms with Crippen LogP contribution in [-0.2, 0) is 12.8 Å². The molecule has 0 aromatic heterocycles. The molecule has 0 bridgehead atoms. The molecule has 1 heterocycles. The highest BCUT2D eigenvalue weighted by atomic mass is 16.5. The van der Waals surface area contributed by atoms with Gasteiger partial charge in [-0.1, -0.05) is 5.57 Å². The first-order chi connectivity index (χ1) is 12.5. The standard InChI is InChI=1S/C24H27NO/c1-14-11-19-15(2)20-12-17-9-5-7-16-8-6-10-18(23(16)17)24(20)26-22(19)13-21(14)25(3)4/h11-13H,5-10H2,1-4H3. The molecule has 2 aromatic carbocycles. The fourth-order valence-corrected chi connectivity index (χ4v) is 5.19. The monoisotopic (exact) mass is 345 g/mol. The maximum absolute atomic E-state index is 6.60. The average molecular weight is 345 g/mol.